The van der Waals surface area contributed by atoms with Crippen molar-refractivity contribution in [3.05, 3.63) is 11.9 Å². The van der Waals surface area contributed by atoms with Crippen LogP contribution >= 0.6 is 0 Å². The summed E-state index contributed by atoms with van der Waals surface area (Å²) in [5.74, 6) is 0.619. The number of carbonyl (C=O) groups excluding carboxylic acids is 1. The standard InChI is InChI=1S/C18H28N4O2/c1-13(17(23)21-9-3-4-16(21)18(2)7-8-18)22-12-15(19-20-22)14-5-10-24-11-6-14/h12-14,16H,3-11H2,1-2H3. The summed E-state index contributed by atoms with van der Waals surface area (Å²) in [6.45, 7) is 6.76. The van der Waals surface area contributed by atoms with Crippen molar-refractivity contribution < 1.29 is 9.53 Å². The number of aromatic nitrogens is 3. The molecule has 1 amide bonds. The van der Waals surface area contributed by atoms with E-state index in [0.717, 1.165) is 51.1 Å². The van der Waals surface area contributed by atoms with Crippen molar-refractivity contribution in [1.82, 2.24) is 19.9 Å². The summed E-state index contributed by atoms with van der Waals surface area (Å²) in [5.41, 5.74) is 1.37. The van der Waals surface area contributed by atoms with Crippen LogP contribution < -0.4 is 0 Å². The normalized spacial score (nSPS) is 28.1. The van der Waals surface area contributed by atoms with E-state index in [2.05, 4.69) is 22.1 Å². The van der Waals surface area contributed by atoms with Gasteiger partial charge in [-0.2, -0.15) is 0 Å². The van der Waals surface area contributed by atoms with Gasteiger partial charge in [-0.05, 0) is 50.9 Å². The molecule has 6 nitrogen and oxygen atoms in total. The Balaban J connectivity index is 1.46. The van der Waals surface area contributed by atoms with Crippen LogP contribution in [0.2, 0.25) is 0 Å². The van der Waals surface area contributed by atoms with Gasteiger partial charge in [0, 0.05) is 37.9 Å². The maximum absolute atomic E-state index is 13.0. The first-order valence-corrected chi connectivity index (χ1v) is 9.38. The highest BCUT2D eigenvalue weighted by molar-refractivity contribution is 5.80. The molecule has 2 unspecified atom stereocenters. The maximum atomic E-state index is 13.0. The molecule has 2 atom stereocenters. The number of hydrogen-bond acceptors (Lipinski definition) is 4. The van der Waals surface area contributed by atoms with Gasteiger partial charge in [0.2, 0.25) is 5.91 Å². The van der Waals surface area contributed by atoms with E-state index in [-0.39, 0.29) is 11.9 Å². The summed E-state index contributed by atoms with van der Waals surface area (Å²) in [6.07, 6.45) is 8.76. The third-order valence-corrected chi connectivity index (χ3v) is 6.30. The molecule has 1 saturated carbocycles. The highest BCUT2D eigenvalue weighted by atomic mass is 16.5. The van der Waals surface area contributed by atoms with Crippen LogP contribution in [0.25, 0.3) is 0 Å². The monoisotopic (exact) mass is 332 g/mol. The molecule has 4 rings (SSSR count). The molecular formula is C18H28N4O2. The average Bonchev–Trinajstić information content (AvgIpc) is 3.06. The van der Waals surface area contributed by atoms with Gasteiger partial charge in [-0.3, -0.25) is 4.79 Å². The van der Waals surface area contributed by atoms with Gasteiger partial charge < -0.3 is 9.64 Å². The van der Waals surface area contributed by atoms with Crippen molar-refractivity contribution in [2.45, 2.75) is 70.4 Å². The first-order chi connectivity index (χ1) is 11.6. The molecule has 0 aromatic carbocycles. The Hall–Kier alpha value is -1.43. The quantitative estimate of drug-likeness (QED) is 0.850. The van der Waals surface area contributed by atoms with Crippen molar-refractivity contribution in [2.24, 2.45) is 5.41 Å². The topological polar surface area (TPSA) is 60.2 Å². The van der Waals surface area contributed by atoms with Crippen molar-refractivity contribution in [3.8, 4) is 0 Å². The zero-order valence-electron chi connectivity index (χ0n) is 14.8. The fourth-order valence-electron chi connectivity index (χ4n) is 4.30. The Morgan fingerprint density at radius 3 is 2.79 bits per heavy atom. The summed E-state index contributed by atoms with van der Waals surface area (Å²) in [5, 5.41) is 8.60. The summed E-state index contributed by atoms with van der Waals surface area (Å²) < 4.78 is 7.18. The molecule has 1 aliphatic carbocycles. The van der Waals surface area contributed by atoms with Crippen LogP contribution in [-0.2, 0) is 9.53 Å². The maximum Gasteiger partial charge on any atom is 0.247 e. The van der Waals surface area contributed by atoms with Gasteiger partial charge in [-0.15, -0.1) is 5.10 Å². The molecule has 2 saturated heterocycles. The van der Waals surface area contributed by atoms with E-state index in [1.165, 1.54) is 12.8 Å². The minimum atomic E-state index is -0.269. The smallest absolute Gasteiger partial charge is 0.247 e. The summed E-state index contributed by atoms with van der Waals surface area (Å²) in [6, 6.07) is 0.153. The van der Waals surface area contributed by atoms with E-state index in [0.29, 0.717) is 17.4 Å². The van der Waals surface area contributed by atoms with Crippen molar-refractivity contribution in [3.63, 3.8) is 0 Å². The molecule has 2 aliphatic heterocycles. The number of ether oxygens (including phenoxy) is 1. The molecule has 0 spiro atoms. The van der Waals surface area contributed by atoms with Gasteiger partial charge in [0.1, 0.15) is 6.04 Å². The van der Waals surface area contributed by atoms with E-state index in [1.54, 1.807) is 4.68 Å². The highest BCUT2D eigenvalue weighted by Gasteiger charge is 2.50. The van der Waals surface area contributed by atoms with Crippen LogP contribution in [0.5, 0.6) is 0 Å². The molecule has 3 aliphatic rings. The van der Waals surface area contributed by atoms with E-state index < -0.39 is 0 Å². The van der Waals surface area contributed by atoms with Crippen LogP contribution in [0.3, 0.4) is 0 Å². The Kier molecular flexibility index (Phi) is 4.11. The van der Waals surface area contributed by atoms with Crippen molar-refractivity contribution in [1.29, 1.82) is 0 Å². The first kappa shape index (κ1) is 16.1. The summed E-state index contributed by atoms with van der Waals surface area (Å²) in [4.78, 5) is 15.2. The molecule has 3 heterocycles. The van der Waals surface area contributed by atoms with Crippen LogP contribution in [0.1, 0.15) is 70.0 Å². The van der Waals surface area contributed by atoms with E-state index in [4.69, 9.17) is 4.74 Å². The zero-order chi connectivity index (χ0) is 16.7. The van der Waals surface area contributed by atoms with Gasteiger partial charge >= 0.3 is 0 Å². The molecule has 24 heavy (non-hydrogen) atoms. The molecule has 0 radical (unpaired) electrons. The van der Waals surface area contributed by atoms with Crippen LogP contribution in [0.15, 0.2) is 6.20 Å². The number of amides is 1. The molecule has 0 N–H and O–H groups in total. The minimum Gasteiger partial charge on any atom is -0.381 e. The molecule has 1 aromatic heterocycles. The molecule has 1 aromatic rings. The van der Waals surface area contributed by atoms with E-state index in [1.807, 2.05) is 13.1 Å². The third kappa shape index (κ3) is 2.85. The van der Waals surface area contributed by atoms with Gasteiger partial charge in [0.25, 0.3) is 0 Å². The van der Waals surface area contributed by atoms with Crippen LogP contribution in [0.4, 0.5) is 0 Å². The number of likely N-dealkylation sites (tertiary alicyclic amines) is 1. The highest BCUT2D eigenvalue weighted by Crippen LogP contribution is 2.53. The summed E-state index contributed by atoms with van der Waals surface area (Å²) >= 11 is 0. The van der Waals surface area contributed by atoms with Crippen LogP contribution in [0, 0.1) is 5.41 Å². The second-order valence-electron chi connectivity index (χ2n) is 8.03. The number of hydrogen-bond donors (Lipinski definition) is 0. The lowest BCUT2D eigenvalue weighted by molar-refractivity contribution is -0.136. The zero-order valence-corrected chi connectivity index (χ0v) is 14.8. The fraction of sp³-hybridized carbons (Fsp3) is 0.833. The Morgan fingerprint density at radius 1 is 1.33 bits per heavy atom. The Labute approximate surface area is 143 Å². The third-order valence-electron chi connectivity index (χ3n) is 6.30. The Morgan fingerprint density at radius 2 is 2.08 bits per heavy atom. The SMILES string of the molecule is CC(C(=O)N1CCCC1C1(C)CC1)n1cc(C2CCOCC2)nn1. The van der Waals surface area contributed by atoms with Gasteiger partial charge in [0.05, 0.1) is 5.69 Å². The van der Waals surface area contributed by atoms with Crippen molar-refractivity contribution in [2.75, 3.05) is 19.8 Å². The number of carbonyl (C=O) groups is 1. The fourth-order valence-corrected chi connectivity index (χ4v) is 4.30. The molecule has 132 valence electrons. The number of nitrogens with zero attached hydrogens (tertiary/aromatic N) is 4. The second-order valence-corrected chi connectivity index (χ2v) is 8.03. The second kappa shape index (κ2) is 6.14. The Bertz CT molecular complexity index is 604. The lowest BCUT2D eigenvalue weighted by Crippen LogP contribution is -2.43. The average molecular weight is 332 g/mol. The van der Waals surface area contributed by atoms with Gasteiger partial charge in [0.15, 0.2) is 0 Å². The predicted octanol–water partition coefficient (Wildman–Crippen LogP) is 2.52. The number of rotatable bonds is 4. The lowest BCUT2D eigenvalue weighted by atomic mass is 9.96. The minimum absolute atomic E-state index is 0.203. The van der Waals surface area contributed by atoms with E-state index >= 15 is 0 Å². The predicted molar refractivity (Wildman–Crippen MR) is 89.6 cm³/mol. The van der Waals surface area contributed by atoms with E-state index in [9.17, 15) is 4.79 Å². The molecule has 3 fully saturated rings. The van der Waals surface area contributed by atoms with Gasteiger partial charge in [-0.25, -0.2) is 4.68 Å². The largest absolute Gasteiger partial charge is 0.381 e. The molecule has 6 heteroatoms. The van der Waals surface area contributed by atoms with Gasteiger partial charge in [-0.1, -0.05) is 12.1 Å². The van der Waals surface area contributed by atoms with Crippen LogP contribution in [-0.4, -0.2) is 51.6 Å². The molecular weight excluding hydrogens is 304 g/mol. The van der Waals surface area contributed by atoms with Crippen molar-refractivity contribution >= 4 is 5.91 Å². The molecule has 0 bridgehead atoms. The lowest BCUT2D eigenvalue weighted by Gasteiger charge is -2.31. The first-order valence-electron chi connectivity index (χ1n) is 9.38. The summed E-state index contributed by atoms with van der Waals surface area (Å²) in [7, 11) is 0.